The van der Waals surface area contributed by atoms with Gasteiger partial charge in [-0.3, -0.25) is 4.79 Å². The number of benzene rings is 2. The second kappa shape index (κ2) is 5.24. The molecule has 108 valence electrons. The molecule has 2 aromatic rings. The fourth-order valence-corrected chi connectivity index (χ4v) is 2.41. The standard InChI is InChI=1S/C16H12F3NO/c17-13-4-2-1-3-10(13)11-8-12(11)16(21)20-9-5-6-14(18)15(19)7-9/h1-7,11-12H,8H2,(H,20,21). The highest BCUT2D eigenvalue weighted by Gasteiger charge is 2.45. The van der Waals surface area contributed by atoms with Crippen LogP contribution in [-0.4, -0.2) is 5.91 Å². The third-order valence-electron chi connectivity index (χ3n) is 3.62. The van der Waals surface area contributed by atoms with Gasteiger partial charge in [0.2, 0.25) is 5.91 Å². The first-order valence-corrected chi connectivity index (χ1v) is 6.56. The summed E-state index contributed by atoms with van der Waals surface area (Å²) in [6, 6.07) is 9.50. The van der Waals surface area contributed by atoms with Crippen LogP contribution in [0.4, 0.5) is 18.9 Å². The first-order chi connectivity index (χ1) is 10.1. The quantitative estimate of drug-likeness (QED) is 0.914. The summed E-state index contributed by atoms with van der Waals surface area (Å²) >= 11 is 0. The maximum atomic E-state index is 13.6. The summed E-state index contributed by atoms with van der Waals surface area (Å²) < 4.78 is 39.5. The van der Waals surface area contributed by atoms with Gasteiger partial charge in [0.25, 0.3) is 0 Å². The van der Waals surface area contributed by atoms with E-state index >= 15 is 0 Å². The number of anilines is 1. The number of hydrogen-bond donors (Lipinski definition) is 1. The van der Waals surface area contributed by atoms with E-state index in [0.717, 1.165) is 12.1 Å². The van der Waals surface area contributed by atoms with Crippen LogP contribution in [0.25, 0.3) is 0 Å². The number of rotatable bonds is 3. The summed E-state index contributed by atoms with van der Waals surface area (Å²) in [6.45, 7) is 0. The normalized spacial score (nSPS) is 20.1. The van der Waals surface area contributed by atoms with Gasteiger partial charge >= 0.3 is 0 Å². The minimum absolute atomic E-state index is 0.156. The Bertz CT molecular complexity index is 702. The van der Waals surface area contributed by atoms with Crippen LogP contribution in [-0.2, 0) is 4.79 Å². The Labute approximate surface area is 119 Å². The number of amides is 1. The van der Waals surface area contributed by atoms with E-state index in [4.69, 9.17) is 0 Å². The van der Waals surface area contributed by atoms with Gasteiger partial charge < -0.3 is 5.32 Å². The lowest BCUT2D eigenvalue weighted by Gasteiger charge is -2.06. The molecule has 1 N–H and O–H groups in total. The third-order valence-corrected chi connectivity index (χ3v) is 3.62. The Morgan fingerprint density at radius 2 is 1.76 bits per heavy atom. The number of hydrogen-bond acceptors (Lipinski definition) is 1. The topological polar surface area (TPSA) is 29.1 Å². The van der Waals surface area contributed by atoms with Gasteiger partial charge in [-0.2, -0.15) is 0 Å². The van der Waals surface area contributed by atoms with Crippen LogP contribution in [0.15, 0.2) is 42.5 Å². The van der Waals surface area contributed by atoms with Gasteiger partial charge in [0.15, 0.2) is 11.6 Å². The van der Waals surface area contributed by atoms with E-state index in [0.29, 0.717) is 12.0 Å². The fraction of sp³-hybridized carbons (Fsp3) is 0.188. The van der Waals surface area contributed by atoms with E-state index in [1.807, 2.05) is 0 Å². The second-order valence-electron chi connectivity index (χ2n) is 5.09. The summed E-state index contributed by atoms with van der Waals surface area (Å²) in [4.78, 5) is 12.0. The molecule has 21 heavy (non-hydrogen) atoms. The van der Waals surface area contributed by atoms with Crippen LogP contribution in [0, 0.1) is 23.4 Å². The maximum absolute atomic E-state index is 13.6. The van der Waals surface area contributed by atoms with Crippen molar-refractivity contribution in [2.75, 3.05) is 5.32 Å². The average molecular weight is 291 g/mol. The molecule has 3 rings (SSSR count). The molecule has 0 spiro atoms. The van der Waals surface area contributed by atoms with E-state index in [1.54, 1.807) is 18.2 Å². The average Bonchev–Trinajstić information content (AvgIpc) is 3.24. The molecule has 1 saturated carbocycles. The number of halogens is 3. The van der Waals surface area contributed by atoms with Crippen LogP contribution in [0.5, 0.6) is 0 Å². The molecular formula is C16H12F3NO. The SMILES string of the molecule is O=C(Nc1ccc(F)c(F)c1)C1CC1c1ccccc1F. The van der Waals surface area contributed by atoms with Crippen molar-refractivity contribution in [3.63, 3.8) is 0 Å². The molecule has 0 heterocycles. The van der Waals surface area contributed by atoms with Crippen molar-refractivity contribution in [3.05, 3.63) is 65.5 Å². The molecule has 1 amide bonds. The van der Waals surface area contributed by atoms with Gasteiger partial charge in [0.1, 0.15) is 5.82 Å². The molecule has 0 radical (unpaired) electrons. The smallest absolute Gasteiger partial charge is 0.228 e. The zero-order valence-corrected chi connectivity index (χ0v) is 10.9. The van der Waals surface area contributed by atoms with Crippen molar-refractivity contribution in [1.29, 1.82) is 0 Å². The lowest BCUT2D eigenvalue weighted by Crippen LogP contribution is -2.15. The van der Waals surface area contributed by atoms with Gasteiger partial charge in [0.05, 0.1) is 0 Å². The molecule has 0 aliphatic heterocycles. The van der Waals surface area contributed by atoms with Crippen LogP contribution in [0.2, 0.25) is 0 Å². The predicted molar refractivity (Wildman–Crippen MR) is 72.2 cm³/mol. The van der Waals surface area contributed by atoms with Crippen molar-refractivity contribution in [2.24, 2.45) is 5.92 Å². The molecule has 1 aliphatic carbocycles. The molecule has 5 heteroatoms. The highest BCUT2D eigenvalue weighted by atomic mass is 19.2. The monoisotopic (exact) mass is 291 g/mol. The molecule has 2 nitrogen and oxygen atoms in total. The van der Waals surface area contributed by atoms with Gasteiger partial charge in [0, 0.05) is 17.7 Å². The summed E-state index contributed by atoms with van der Waals surface area (Å²) in [5, 5.41) is 2.52. The second-order valence-corrected chi connectivity index (χ2v) is 5.09. The molecule has 0 saturated heterocycles. The van der Waals surface area contributed by atoms with Crippen molar-refractivity contribution in [3.8, 4) is 0 Å². The van der Waals surface area contributed by atoms with E-state index < -0.39 is 11.6 Å². The van der Waals surface area contributed by atoms with Crippen LogP contribution in [0.1, 0.15) is 17.9 Å². The molecule has 0 aromatic heterocycles. The van der Waals surface area contributed by atoms with Gasteiger partial charge in [-0.15, -0.1) is 0 Å². The molecule has 1 fully saturated rings. The maximum Gasteiger partial charge on any atom is 0.228 e. The Hall–Kier alpha value is -2.30. The van der Waals surface area contributed by atoms with Crippen molar-refractivity contribution < 1.29 is 18.0 Å². The lowest BCUT2D eigenvalue weighted by molar-refractivity contribution is -0.117. The molecule has 2 atom stereocenters. The van der Waals surface area contributed by atoms with Crippen molar-refractivity contribution >= 4 is 11.6 Å². The van der Waals surface area contributed by atoms with E-state index in [-0.39, 0.29) is 29.2 Å². The first-order valence-electron chi connectivity index (χ1n) is 6.56. The Kier molecular flexibility index (Phi) is 3.41. The molecule has 2 aromatic carbocycles. The number of carbonyl (C=O) groups is 1. The Balaban J connectivity index is 1.68. The fourth-order valence-electron chi connectivity index (χ4n) is 2.41. The molecular weight excluding hydrogens is 279 g/mol. The first kappa shape index (κ1) is 13.7. The van der Waals surface area contributed by atoms with E-state index in [9.17, 15) is 18.0 Å². The van der Waals surface area contributed by atoms with Crippen molar-refractivity contribution in [2.45, 2.75) is 12.3 Å². The minimum atomic E-state index is -1.02. The summed E-state index contributed by atoms with van der Waals surface area (Å²) in [6.07, 6.45) is 0.552. The van der Waals surface area contributed by atoms with E-state index in [2.05, 4.69) is 5.32 Å². The summed E-state index contributed by atoms with van der Waals surface area (Å²) in [5.41, 5.74) is 0.709. The zero-order valence-electron chi connectivity index (χ0n) is 10.9. The van der Waals surface area contributed by atoms with Crippen LogP contribution >= 0.6 is 0 Å². The minimum Gasteiger partial charge on any atom is -0.326 e. The molecule has 2 unspecified atom stereocenters. The Morgan fingerprint density at radius 1 is 1.00 bits per heavy atom. The predicted octanol–water partition coefficient (Wildman–Crippen LogP) is 3.85. The molecule has 1 aliphatic rings. The van der Waals surface area contributed by atoms with Crippen LogP contribution < -0.4 is 5.32 Å². The highest BCUT2D eigenvalue weighted by Crippen LogP contribution is 2.48. The number of nitrogens with one attached hydrogen (secondary N) is 1. The summed E-state index contributed by atoms with van der Waals surface area (Å²) in [7, 11) is 0. The Morgan fingerprint density at radius 3 is 2.48 bits per heavy atom. The molecule has 0 bridgehead atoms. The van der Waals surface area contributed by atoms with Gasteiger partial charge in [-0.1, -0.05) is 18.2 Å². The van der Waals surface area contributed by atoms with Crippen molar-refractivity contribution in [1.82, 2.24) is 0 Å². The third kappa shape index (κ3) is 2.77. The number of carbonyl (C=O) groups excluding carboxylic acids is 1. The lowest BCUT2D eigenvalue weighted by atomic mass is 10.1. The zero-order chi connectivity index (χ0) is 15.0. The van der Waals surface area contributed by atoms with E-state index in [1.165, 1.54) is 12.1 Å². The largest absolute Gasteiger partial charge is 0.326 e. The van der Waals surface area contributed by atoms with Gasteiger partial charge in [-0.25, -0.2) is 13.2 Å². The van der Waals surface area contributed by atoms with Crippen LogP contribution in [0.3, 0.4) is 0 Å². The summed E-state index contributed by atoms with van der Waals surface area (Å²) in [5.74, 6) is -3.12. The van der Waals surface area contributed by atoms with Gasteiger partial charge in [-0.05, 0) is 36.1 Å². The highest BCUT2D eigenvalue weighted by molar-refractivity contribution is 5.95.